The topological polar surface area (TPSA) is 58.2 Å². The molecule has 0 aromatic heterocycles. The third kappa shape index (κ3) is 2.71. The van der Waals surface area contributed by atoms with E-state index in [1.54, 1.807) is 0 Å². The Labute approximate surface area is 91.9 Å². The Morgan fingerprint density at radius 3 is 2.73 bits per heavy atom. The van der Waals surface area contributed by atoms with Gasteiger partial charge in [-0.1, -0.05) is 13.3 Å². The fourth-order valence-corrected chi connectivity index (χ4v) is 4.09. The molecule has 0 spiro atoms. The van der Waals surface area contributed by atoms with E-state index in [0.29, 0.717) is 12.1 Å². The molecule has 0 aromatic rings. The number of unbranched alkanes of at least 4 members (excludes halogenated alkanes) is 1. The normalized spacial score (nSPS) is 34.9. The van der Waals surface area contributed by atoms with E-state index in [4.69, 9.17) is 0 Å². The highest BCUT2D eigenvalue weighted by atomic mass is 32.2. The second-order valence-corrected chi connectivity index (χ2v) is 6.55. The van der Waals surface area contributed by atoms with Gasteiger partial charge < -0.3 is 5.32 Å². The Morgan fingerprint density at radius 2 is 2.20 bits per heavy atom. The SMILES string of the molecule is CCCCS(=O)(=O)NC1CC2CCC1N2. The number of fused-ring (bicyclic) bond motifs is 2. The minimum absolute atomic E-state index is 0.144. The van der Waals surface area contributed by atoms with Gasteiger partial charge in [0.1, 0.15) is 0 Å². The first-order chi connectivity index (χ1) is 7.11. The number of hydrogen-bond donors (Lipinski definition) is 2. The molecule has 2 N–H and O–H groups in total. The Bertz CT molecular complexity index is 315. The van der Waals surface area contributed by atoms with Crippen molar-refractivity contribution < 1.29 is 8.42 Å². The molecule has 3 unspecified atom stereocenters. The van der Waals surface area contributed by atoms with Gasteiger partial charge in [0.15, 0.2) is 0 Å². The van der Waals surface area contributed by atoms with Crippen LogP contribution in [0.25, 0.3) is 0 Å². The zero-order chi connectivity index (χ0) is 10.9. The third-order valence-corrected chi connectivity index (χ3v) is 4.89. The summed E-state index contributed by atoms with van der Waals surface area (Å²) in [6.45, 7) is 2.01. The van der Waals surface area contributed by atoms with Crippen LogP contribution in [0.4, 0.5) is 0 Å². The summed E-state index contributed by atoms with van der Waals surface area (Å²) in [6.07, 6.45) is 4.97. The molecule has 0 aromatic carbocycles. The summed E-state index contributed by atoms with van der Waals surface area (Å²) in [6, 6.07) is 1.07. The molecule has 2 bridgehead atoms. The molecule has 2 rings (SSSR count). The molecule has 2 fully saturated rings. The van der Waals surface area contributed by atoms with Crippen LogP contribution in [-0.2, 0) is 10.0 Å². The lowest BCUT2D eigenvalue weighted by molar-refractivity contribution is 0.460. The van der Waals surface area contributed by atoms with Gasteiger partial charge in [-0.3, -0.25) is 0 Å². The summed E-state index contributed by atoms with van der Waals surface area (Å²) in [5.41, 5.74) is 0. The van der Waals surface area contributed by atoms with Gasteiger partial charge >= 0.3 is 0 Å². The highest BCUT2D eigenvalue weighted by Gasteiger charge is 2.40. The fourth-order valence-electron chi connectivity index (χ4n) is 2.58. The summed E-state index contributed by atoms with van der Waals surface area (Å²) in [5, 5.41) is 3.43. The van der Waals surface area contributed by atoms with E-state index < -0.39 is 10.0 Å². The van der Waals surface area contributed by atoms with Gasteiger partial charge in [-0.2, -0.15) is 0 Å². The highest BCUT2D eigenvalue weighted by molar-refractivity contribution is 7.89. The van der Waals surface area contributed by atoms with Gasteiger partial charge in [0, 0.05) is 18.1 Å². The maximum Gasteiger partial charge on any atom is 0.211 e. The summed E-state index contributed by atoms with van der Waals surface area (Å²) < 4.78 is 26.2. The maximum atomic E-state index is 11.7. The van der Waals surface area contributed by atoms with Crippen molar-refractivity contribution >= 4 is 10.0 Å². The molecule has 0 radical (unpaired) electrons. The fraction of sp³-hybridized carbons (Fsp3) is 1.00. The lowest BCUT2D eigenvalue weighted by Gasteiger charge is -2.21. The van der Waals surface area contributed by atoms with E-state index in [1.165, 1.54) is 6.42 Å². The van der Waals surface area contributed by atoms with Crippen molar-refractivity contribution in [2.45, 2.75) is 57.2 Å². The predicted molar refractivity (Wildman–Crippen MR) is 60.2 cm³/mol. The first-order valence-corrected chi connectivity index (χ1v) is 7.52. The van der Waals surface area contributed by atoms with Crippen LogP contribution in [0.2, 0.25) is 0 Å². The lowest BCUT2D eigenvalue weighted by Crippen LogP contribution is -2.43. The summed E-state index contributed by atoms with van der Waals surface area (Å²) in [5.74, 6) is 0.275. The maximum absolute atomic E-state index is 11.7. The van der Waals surface area contributed by atoms with Gasteiger partial charge in [-0.25, -0.2) is 13.1 Å². The molecule has 2 aliphatic heterocycles. The standard InChI is InChI=1S/C10H20N2O2S/c1-2-3-6-15(13,14)12-10-7-8-4-5-9(10)11-8/h8-12H,2-7H2,1H3. The molecule has 3 atom stereocenters. The van der Waals surface area contributed by atoms with Gasteiger partial charge in [0.25, 0.3) is 0 Å². The van der Waals surface area contributed by atoms with E-state index in [9.17, 15) is 8.42 Å². The summed E-state index contributed by atoms with van der Waals surface area (Å²) in [4.78, 5) is 0. The van der Waals surface area contributed by atoms with Crippen LogP contribution in [0.15, 0.2) is 0 Å². The Balaban J connectivity index is 1.86. The largest absolute Gasteiger partial charge is 0.310 e. The quantitative estimate of drug-likeness (QED) is 0.730. The average Bonchev–Trinajstić information content (AvgIpc) is 2.75. The van der Waals surface area contributed by atoms with Crippen molar-refractivity contribution in [3.63, 3.8) is 0 Å². The van der Waals surface area contributed by atoms with E-state index in [-0.39, 0.29) is 11.8 Å². The third-order valence-electron chi connectivity index (χ3n) is 3.40. The van der Waals surface area contributed by atoms with E-state index in [2.05, 4.69) is 10.0 Å². The molecule has 0 saturated carbocycles. The van der Waals surface area contributed by atoms with Crippen molar-refractivity contribution in [3.8, 4) is 0 Å². The molecule has 2 heterocycles. The molecule has 88 valence electrons. The molecule has 0 aliphatic carbocycles. The number of hydrogen-bond acceptors (Lipinski definition) is 3. The van der Waals surface area contributed by atoms with Gasteiger partial charge in [-0.15, -0.1) is 0 Å². The Hall–Kier alpha value is -0.130. The van der Waals surface area contributed by atoms with Crippen molar-refractivity contribution in [2.24, 2.45) is 0 Å². The number of rotatable bonds is 5. The predicted octanol–water partition coefficient (Wildman–Crippen LogP) is 0.599. The van der Waals surface area contributed by atoms with Crippen LogP contribution in [-0.4, -0.2) is 32.3 Å². The van der Waals surface area contributed by atoms with E-state index in [0.717, 1.165) is 25.7 Å². The molecular formula is C10H20N2O2S. The first-order valence-electron chi connectivity index (χ1n) is 5.87. The van der Waals surface area contributed by atoms with Gasteiger partial charge in [0.05, 0.1) is 5.75 Å². The van der Waals surface area contributed by atoms with Crippen LogP contribution >= 0.6 is 0 Å². The second kappa shape index (κ2) is 4.39. The lowest BCUT2D eigenvalue weighted by atomic mass is 9.96. The van der Waals surface area contributed by atoms with Crippen LogP contribution < -0.4 is 10.0 Å². The van der Waals surface area contributed by atoms with Crippen molar-refractivity contribution in [2.75, 3.05) is 5.75 Å². The molecule has 2 saturated heterocycles. The Kier molecular flexibility index (Phi) is 3.33. The Morgan fingerprint density at radius 1 is 1.40 bits per heavy atom. The van der Waals surface area contributed by atoms with Crippen molar-refractivity contribution in [3.05, 3.63) is 0 Å². The van der Waals surface area contributed by atoms with E-state index in [1.807, 2.05) is 6.92 Å². The number of sulfonamides is 1. The zero-order valence-corrected chi connectivity index (χ0v) is 10.0. The molecule has 5 heteroatoms. The average molecular weight is 232 g/mol. The monoisotopic (exact) mass is 232 g/mol. The summed E-state index contributed by atoms with van der Waals surface area (Å²) >= 11 is 0. The van der Waals surface area contributed by atoms with Crippen molar-refractivity contribution in [1.29, 1.82) is 0 Å². The van der Waals surface area contributed by atoms with E-state index >= 15 is 0 Å². The van der Waals surface area contributed by atoms with Crippen LogP contribution in [0.1, 0.15) is 39.0 Å². The minimum atomic E-state index is -3.04. The minimum Gasteiger partial charge on any atom is -0.310 e. The molecule has 4 nitrogen and oxygen atoms in total. The van der Waals surface area contributed by atoms with Gasteiger partial charge in [0.2, 0.25) is 10.0 Å². The first kappa shape index (κ1) is 11.4. The molecular weight excluding hydrogens is 212 g/mol. The van der Waals surface area contributed by atoms with Crippen LogP contribution in [0.5, 0.6) is 0 Å². The zero-order valence-electron chi connectivity index (χ0n) is 9.20. The second-order valence-electron chi connectivity index (χ2n) is 4.68. The highest BCUT2D eigenvalue weighted by Crippen LogP contribution is 2.28. The summed E-state index contributed by atoms with van der Waals surface area (Å²) in [7, 11) is -3.04. The molecule has 2 aliphatic rings. The molecule has 15 heavy (non-hydrogen) atoms. The molecule has 0 amide bonds. The number of nitrogens with one attached hydrogen (secondary N) is 2. The van der Waals surface area contributed by atoms with Crippen molar-refractivity contribution in [1.82, 2.24) is 10.0 Å². The van der Waals surface area contributed by atoms with Crippen LogP contribution in [0.3, 0.4) is 0 Å². The van der Waals surface area contributed by atoms with Gasteiger partial charge in [-0.05, 0) is 25.7 Å². The van der Waals surface area contributed by atoms with Crippen LogP contribution in [0, 0.1) is 0 Å². The smallest absolute Gasteiger partial charge is 0.211 e.